The van der Waals surface area contributed by atoms with Gasteiger partial charge in [0.15, 0.2) is 0 Å². The van der Waals surface area contributed by atoms with Crippen molar-refractivity contribution in [1.29, 1.82) is 0 Å². The Morgan fingerprint density at radius 1 is 0.543 bits per heavy atom. The summed E-state index contributed by atoms with van der Waals surface area (Å²) in [6.45, 7) is 5.01. The fraction of sp³-hybridized carbons (Fsp3) is 0.714. The van der Waals surface area contributed by atoms with Crippen LogP contribution in [0.2, 0.25) is 0 Å². The summed E-state index contributed by atoms with van der Waals surface area (Å²) in [5, 5.41) is 9.01. The average Bonchev–Trinajstić information content (AvgIpc) is 3.78. The molecule has 246 valence electrons. The molecule has 0 aromatic heterocycles. The minimum Gasteiger partial charge on any atom is -0.316 e. The topological polar surface area (TPSA) is 24.1 Å². The molecule has 2 N–H and O–H groups in total. The third-order valence-corrected chi connectivity index (χ3v) is 22.7. The highest BCUT2D eigenvalue weighted by Gasteiger charge is 2.62. The van der Waals surface area contributed by atoms with Crippen LogP contribution in [-0.4, -0.2) is 47.8 Å². The molecule has 4 heteroatoms. The average molecular weight is 653 g/mol. The molecule has 8 saturated carbocycles. The summed E-state index contributed by atoms with van der Waals surface area (Å²) in [4.78, 5) is 0. The third-order valence-electron chi connectivity index (χ3n) is 15.2. The second kappa shape index (κ2) is 11.9. The van der Waals surface area contributed by atoms with Gasteiger partial charge in [0.05, 0.1) is 0 Å². The van der Waals surface area contributed by atoms with Crippen molar-refractivity contribution in [3.8, 4) is 11.1 Å². The Bertz CT molecular complexity index is 1280. The molecule has 2 aromatic carbocycles. The molecule has 2 saturated heterocycles. The second-order valence-electron chi connectivity index (χ2n) is 18.2. The maximum atomic E-state index is 3.79. The SMILES string of the molecule is c1ccc(-c2ccc(CP(C34CC5CC(CC(C5)C3)C4)C34CC5CC(CC(C5)C3)C4)c(CP(C3CCNC3)C3CCNC3)c2)cc1. The normalized spacial score (nSPS) is 43.4. The maximum Gasteiger partial charge on any atom is 0.00196 e. The van der Waals surface area contributed by atoms with E-state index in [9.17, 15) is 0 Å². The number of nitrogens with one attached hydrogen (secondary N) is 2. The van der Waals surface area contributed by atoms with E-state index in [0.717, 1.165) is 46.8 Å². The molecule has 0 spiro atoms. The summed E-state index contributed by atoms with van der Waals surface area (Å²) in [7, 11) is -0.0617. The third kappa shape index (κ3) is 5.33. The lowest BCUT2D eigenvalue weighted by molar-refractivity contribution is 0.0184. The molecule has 2 nitrogen and oxygen atoms in total. The van der Waals surface area contributed by atoms with Crippen LogP contribution in [0.25, 0.3) is 11.1 Å². The van der Waals surface area contributed by atoms with E-state index in [-0.39, 0.29) is 15.8 Å². The van der Waals surface area contributed by atoms with Gasteiger partial charge in [-0.15, -0.1) is 0 Å². The number of hydrogen-bond donors (Lipinski definition) is 2. The molecule has 10 fully saturated rings. The molecule has 2 heterocycles. The first-order valence-corrected chi connectivity index (χ1v) is 22.9. The lowest BCUT2D eigenvalue weighted by atomic mass is 9.55. The zero-order chi connectivity index (χ0) is 30.3. The van der Waals surface area contributed by atoms with Crippen molar-refractivity contribution < 1.29 is 0 Å². The number of benzene rings is 2. The molecule has 2 aliphatic heterocycles. The predicted molar refractivity (Wildman–Crippen MR) is 197 cm³/mol. The Kier molecular flexibility index (Phi) is 7.80. The Balaban J connectivity index is 1.06. The molecule has 2 atom stereocenters. The molecule has 46 heavy (non-hydrogen) atoms. The Labute approximate surface area is 281 Å². The first-order chi connectivity index (χ1) is 22.6. The van der Waals surface area contributed by atoms with Gasteiger partial charge in [-0.3, -0.25) is 0 Å². The summed E-state index contributed by atoms with van der Waals surface area (Å²) in [6, 6.07) is 19.4. The Morgan fingerprint density at radius 3 is 1.50 bits per heavy atom. The molecule has 2 aromatic rings. The van der Waals surface area contributed by atoms with Gasteiger partial charge < -0.3 is 10.6 Å². The van der Waals surface area contributed by atoms with Crippen molar-refractivity contribution >= 4 is 15.8 Å². The highest BCUT2D eigenvalue weighted by atomic mass is 31.1. The van der Waals surface area contributed by atoms with Gasteiger partial charge in [0.25, 0.3) is 0 Å². The van der Waals surface area contributed by atoms with Crippen LogP contribution in [0, 0.1) is 35.5 Å². The quantitative estimate of drug-likeness (QED) is 0.264. The fourth-order valence-corrected chi connectivity index (χ4v) is 22.8. The van der Waals surface area contributed by atoms with E-state index in [1.165, 1.54) is 62.5 Å². The van der Waals surface area contributed by atoms with E-state index >= 15 is 0 Å². The number of rotatable bonds is 9. The van der Waals surface area contributed by atoms with Crippen LogP contribution in [0.3, 0.4) is 0 Å². The minimum atomic E-state index is -0.0336. The van der Waals surface area contributed by atoms with Crippen LogP contribution < -0.4 is 10.6 Å². The van der Waals surface area contributed by atoms with Crippen molar-refractivity contribution in [1.82, 2.24) is 10.6 Å². The van der Waals surface area contributed by atoms with Crippen LogP contribution in [-0.2, 0) is 12.3 Å². The molecule has 2 unspecified atom stereocenters. The standard InChI is InChI=1S/C42H58N2P2/c1-2-4-35(5-3-1)36-6-7-37(38(18-36)27-45(39-8-10-43-25-39)40-9-11-44-26-40)28-46(41-19-29-12-30(20-41)14-31(13-29)21-41)42-22-32-15-33(23-42)17-34(16-32)24-42/h1-7,18,29-34,39-40,43-44H,8-17,19-28H2. The summed E-state index contributed by atoms with van der Waals surface area (Å²) < 4.78 is 0. The van der Waals surface area contributed by atoms with E-state index in [1.54, 1.807) is 82.6 Å². The largest absolute Gasteiger partial charge is 0.316 e. The molecule has 8 bridgehead atoms. The van der Waals surface area contributed by atoms with E-state index in [4.69, 9.17) is 0 Å². The van der Waals surface area contributed by atoms with Gasteiger partial charge in [-0.2, -0.15) is 0 Å². The lowest BCUT2D eigenvalue weighted by Gasteiger charge is -2.67. The first-order valence-electron chi connectivity index (χ1n) is 19.7. The monoisotopic (exact) mass is 652 g/mol. The highest BCUT2D eigenvalue weighted by molar-refractivity contribution is 7.60. The van der Waals surface area contributed by atoms with E-state index in [1.807, 2.05) is 5.56 Å². The van der Waals surface area contributed by atoms with Crippen LogP contribution in [0.15, 0.2) is 48.5 Å². The van der Waals surface area contributed by atoms with Crippen molar-refractivity contribution in [3.63, 3.8) is 0 Å². The first kappa shape index (κ1) is 30.1. The zero-order valence-corrected chi connectivity index (χ0v) is 30.1. The van der Waals surface area contributed by atoms with E-state index < -0.39 is 0 Å². The Hall–Kier alpha value is -0.780. The van der Waals surface area contributed by atoms with Gasteiger partial charge >= 0.3 is 0 Å². The van der Waals surface area contributed by atoms with Crippen LogP contribution in [0.1, 0.15) is 101 Å². The highest BCUT2D eigenvalue weighted by Crippen LogP contribution is 2.79. The van der Waals surface area contributed by atoms with Crippen molar-refractivity contribution in [3.05, 3.63) is 59.7 Å². The fourth-order valence-electron chi connectivity index (χ4n) is 14.1. The molecule has 0 radical (unpaired) electrons. The van der Waals surface area contributed by atoms with Crippen LogP contribution in [0.4, 0.5) is 0 Å². The van der Waals surface area contributed by atoms with Gasteiger partial charge in [0.2, 0.25) is 0 Å². The van der Waals surface area contributed by atoms with Crippen molar-refractivity contribution in [2.24, 2.45) is 35.5 Å². The smallest absolute Gasteiger partial charge is 0.00196 e. The summed E-state index contributed by atoms with van der Waals surface area (Å²) in [5.74, 6) is 6.43. The zero-order valence-electron chi connectivity index (χ0n) is 28.3. The van der Waals surface area contributed by atoms with Crippen LogP contribution >= 0.6 is 15.8 Å². The Morgan fingerprint density at radius 2 is 1.04 bits per heavy atom. The van der Waals surface area contributed by atoms with Gasteiger partial charge in [-0.05, 0) is 195 Å². The molecule has 12 rings (SSSR count). The predicted octanol–water partition coefficient (Wildman–Crippen LogP) is 9.98. The summed E-state index contributed by atoms with van der Waals surface area (Å²) in [5.41, 5.74) is 8.29. The molecular weight excluding hydrogens is 594 g/mol. The number of hydrogen-bond acceptors (Lipinski definition) is 2. The lowest BCUT2D eigenvalue weighted by Crippen LogP contribution is -2.56. The second-order valence-corrected chi connectivity index (χ2v) is 24.1. The summed E-state index contributed by atoms with van der Waals surface area (Å²) >= 11 is 0. The maximum absolute atomic E-state index is 3.79. The molecule has 10 aliphatic rings. The van der Waals surface area contributed by atoms with E-state index in [2.05, 4.69) is 59.2 Å². The van der Waals surface area contributed by atoms with Gasteiger partial charge in [-0.25, -0.2) is 0 Å². The summed E-state index contributed by atoms with van der Waals surface area (Å²) in [6.07, 6.45) is 24.9. The van der Waals surface area contributed by atoms with Crippen LogP contribution in [0.5, 0.6) is 0 Å². The minimum absolute atomic E-state index is 0.0282. The van der Waals surface area contributed by atoms with Gasteiger partial charge in [0.1, 0.15) is 0 Å². The van der Waals surface area contributed by atoms with Gasteiger partial charge in [-0.1, -0.05) is 64.4 Å². The molecular formula is C42H58N2P2. The van der Waals surface area contributed by atoms with Gasteiger partial charge in [0, 0.05) is 13.1 Å². The van der Waals surface area contributed by atoms with Crippen molar-refractivity contribution in [2.75, 3.05) is 26.2 Å². The molecule has 0 amide bonds. The molecule has 8 aliphatic carbocycles. The van der Waals surface area contributed by atoms with Crippen molar-refractivity contribution in [2.45, 2.75) is 124 Å². The van der Waals surface area contributed by atoms with E-state index in [0.29, 0.717) is 10.3 Å².